The topological polar surface area (TPSA) is 59.6 Å². The van der Waals surface area contributed by atoms with Crippen molar-refractivity contribution in [2.24, 2.45) is 5.92 Å². The molecule has 0 radical (unpaired) electrons. The normalized spacial score (nSPS) is 31.5. The Morgan fingerprint density at radius 1 is 1.33 bits per heavy atom. The van der Waals surface area contributed by atoms with E-state index in [2.05, 4.69) is 10.6 Å². The second-order valence-corrected chi connectivity index (χ2v) is 4.06. The zero-order chi connectivity index (χ0) is 10.5. The van der Waals surface area contributed by atoms with Crippen LogP contribution in [0.3, 0.4) is 0 Å². The van der Waals surface area contributed by atoms with Gasteiger partial charge in [0.15, 0.2) is 0 Å². The lowest BCUT2D eigenvalue weighted by molar-refractivity contribution is -0.126. The summed E-state index contributed by atoms with van der Waals surface area (Å²) in [6.45, 7) is 4.25. The standard InChI is InChI=1S/C10H18N2O3/c13-10(9-7-15-4-2-11-9)12-5-8-1-3-14-6-8/h8-9,11H,1-7H2,(H,12,13). The van der Waals surface area contributed by atoms with Crippen LogP contribution >= 0.6 is 0 Å². The Kier molecular flexibility index (Phi) is 3.94. The Labute approximate surface area is 89.5 Å². The predicted octanol–water partition coefficient (Wildman–Crippen LogP) is -0.872. The van der Waals surface area contributed by atoms with Crippen molar-refractivity contribution in [1.29, 1.82) is 0 Å². The van der Waals surface area contributed by atoms with Crippen LogP contribution in [0.4, 0.5) is 0 Å². The van der Waals surface area contributed by atoms with Gasteiger partial charge in [0.1, 0.15) is 6.04 Å². The maximum absolute atomic E-state index is 11.7. The van der Waals surface area contributed by atoms with E-state index in [9.17, 15) is 4.79 Å². The maximum atomic E-state index is 11.7. The summed E-state index contributed by atoms with van der Waals surface area (Å²) in [5.74, 6) is 0.528. The summed E-state index contributed by atoms with van der Waals surface area (Å²) in [5, 5.41) is 6.06. The minimum absolute atomic E-state index is 0.0431. The molecule has 1 amide bonds. The molecule has 2 N–H and O–H groups in total. The summed E-state index contributed by atoms with van der Waals surface area (Å²) in [6.07, 6.45) is 1.05. The molecular weight excluding hydrogens is 196 g/mol. The van der Waals surface area contributed by atoms with Crippen LogP contribution in [0.5, 0.6) is 0 Å². The molecule has 0 bridgehead atoms. The molecule has 86 valence electrons. The number of carbonyl (C=O) groups is 1. The quantitative estimate of drug-likeness (QED) is 0.641. The van der Waals surface area contributed by atoms with Gasteiger partial charge in [-0.2, -0.15) is 0 Å². The van der Waals surface area contributed by atoms with Crippen molar-refractivity contribution < 1.29 is 14.3 Å². The minimum Gasteiger partial charge on any atom is -0.381 e. The summed E-state index contributed by atoms with van der Waals surface area (Å²) in [7, 11) is 0. The monoisotopic (exact) mass is 214 g/mol. The Bertz CT molecular complexity index is 211. The smallest absolute Gasteiger partial charge is 0.239 e. The van der Waals surface area contributed by atoms with Gasteiger partial charge < -0.3 is 20.1 Å². The van der Waals surface area contributed by atoms with E-state index in [0.717, 1.165) is 32.7 Å². The van der Waals surface area contributed by atoms with Crippen LogP contribution in [-0.4, -0.2) is 51.5 Å². The number of rotatable bonds is 3. The van der Waals surface area contributed by atoms with E-state index in [1.165, 1.54) is 0 Å². The highest BCUT2D eigenvalue weighted by Crippen LogP contribution is 2.10. The molecule has 0 aromatic rings. The lowest BCUT2D eigenvalue weighted by atomic mass is 10.1. The first-order valence-electron chi connectivity index (χ1n) is 5.53. The van der Waals surface area contributed by atoms with E-state index < -0.39 is 0 Å². The Morgan fingerprint density at radius 3 is 2.87 bits per heavy atom. The van der Waals surface area contributed by atoms with Crippen LogP contribution in [0.2, 0.25) is 0 Å². The zero-order valence-corrected chi connectivity index (χ0v) is 8.83. The maximum Gasteiger partial charge on any atom is 0.239 e. The molecular formula is C10H18N2O3. The fraction of sp³-hybridized carbons (Fsp3) is 0.900. The molecule has 2 unspecified atom stereocenters. The van der Waals surface area contributed by atoms with Crippen molar-refractivity contribution in [3.05, 3.63) is 0 Å². The molecule has 0 aromatic carbocycles. The fourth-order valence-corrected chi connectivity index (χ4v) is 1.85. The molecule has 2 fully saturated rings. The van der Waals surface area contributed by atoms with Crippen LogP contribution in [0.15, 0.2) is 0 Å². The number of morpholine rings is 1. The summed E-state index contributed by atoms with van der Waals surface area (Å²) >= 11 is 0. The van der Waals surface area contributed by atoms with E-state index >= 15 is 0 Å². The third-order valence-electron chi connectivity index (χ3n) is 2.83. The SMILES string of the molecule is O=C(NCC1CCOC1)C1COCCN1. The van der Waals surface area contributed by atoms with Crippen molar-refractivity contribution >= 4 is 5.91 Å². The van der Waals surface area contributed by atoms with Crippen molar-refractivity contribution in [2.75, 3.05) is 39.5 Å². The highest BCUT2D eigenvalue weighted by molar-refractivity contribution is 5.81. The van der Waals surface area contributed by atoms with E-state index in [1.807, 2.05) is 0 Å². The molecule has 0 aromatic heterocycles. The molecule has 0 aliphatic carbocycles. The summed E-state index contributed by atoms with van der Waals surface area (Å²) in [5.41, 5.74) is 0. The number of hydrogen-bond donors (Lipinski definition) is 2. The summed E-state index contributed by atoms with van der Waals surface area (Å²) in [4.78, 5) is 11.7. The van der Waals surface area contributed by atoms with E-state index in [0.29, 0.717) is 19.1 Å². The second-order valence-electron chi connectivity index (χ2n) is 4.06. The van der Waals surface area contributed by atoms with Crippen molar-refractivity contribution in [3.63, 3.8) is 0 Å². The van der Waals surface area contributed by atoms with Crippen LogP contribution < -0.4 is 10.6 Å². The average Bonchev–Trinajstić information content (AvgIpc) is 2.80. The van der Waals surface area contributed by atoms with Crippen molar-refractivity contribution in [1.82, 2.24) is 10.6 Å². The van der Waals surface area contributed by atoms with Gasteiger partial charge in [0.2, 0.25) is 5.91 Å². The lowest BCUT2D eigenvalue weighted by Gasteiger charge is -2.23. The molecule has 0 saturated carbocycles. The van der Waals surface area contributed by atoms with Gasteiger partial charge in [-0.15, -0.1) is 0 Å². The third kappa shape index (κ3) is 3.15. The minimum atomic E-state index is -0.180. The average molecular weight is 214 g/mol. The van der Waals surface area contributed by atoms with E-state index in [-0.39, 0.29) is 11.9 Å². The van der Waals surface area contributed by atoms with Crippen LogP contribution in [0.25, 0.3) is 0 Å². The van der Waals surface area contributed by atoms with Gasteiger partial charge >= 0.3 is 0 Å². The molecule has 15 heavy (non-hydrogen) atoms. The van der Waals surface area contributed by atoms with Crippen molar-refractivity contribution in [3.8, 4) is 0 Å². The number of carbonyl (C=O) groups excluding carboxylic acids is 1. The lowest BCUT2D eigenvalue weighted by Crippen LogP contribution is -2.51. The van der Waals surface area contributed by atoms with Gasteiger partial charge in [0, 0.05) is 25.6 Å². The van der Waals surface area contributed by atoms with Crippen LogP contribution in [-0.2, 0) is 14.3 Å². The largest absolute Gasteiger partial charge is 0.381 e. The molecule has 5 heteroatoms. The number of ether oxygens (including phenoxy) is 2. The Morgan fingerprint density at radius 2 is 2.20 bits per heavy atom. The van der Waals surface area contributed by atoms with Gasteiger partial charge in [-0.3, -0.25) is 4.79 Å². The summed E-state index contributed by atoms with van der Waals surface area (Å²) < 4.78 is 10.5. The van der Waals surface area contributed by atoms with Crippen molar-refractivity contribution in [2.45, 2.75) is 12.5 Å². The Balaban J connectivity index is 1.66. The first kappa shape index (κ1) is 10.9. The van der Waals surface area contributed by atoms with Gasteiger partial charge in [-0.1, -0.05) is 0 Å². The fourth-order valence-electron chi connectivity index (χ4n) is 1.85. The molecule has 2 aliphatic rings. The predicted molar refractivity (Wildman–Crippen MR) is 54.5 cm³/mol. The van der Waals surface area contributed by atoms with E-state index in [1.54, 1.807) is 0 Å². The molecule has 2 aliphatic heterocycles. The number of hydrogen-bond acceptors (Lipinski definition) is 4. The first-order valence-corrected chi connectivity index (χ1v) is 5.53. The van der Waals surface area contributed by atoms with Gasteiger partial charge in [-0.05, 0) is 6.42 Å². The molecule has 2 atom stereocenters. The molecule has 2 rings (SSSR count). The molecule has 2 heterocycles. The van der Waals surface area contributed by atoms with Gasteiger partial charge in [-0.25, -0.2) is 0 Å². The summed E-state index contributed by atoms with van der Waals surface area (Å²) in [6, 6.07) is -0.180. The number of amides is 1. The van der Waals surface area contributed by atoms with Crippen LogP contribution in [0, 0.1) is 5.92 Å². The first-order chi connectivity index (χ1) is 7.36. The molecule has 2 saturated heterocycles. The second kappa shape index (κ2) is 5.44. The van der Waals surface area contributed by atoms with Crippen LogP contribution in [0.1, 0.15) is 6.42 Å². The van der Waals surface area contributed by atoms with Gasteiger partial charge in [0.05, 0.1) is 19.8 Å². The molecule has 0 spiro atoms. The zero-order valence-electron chi connectivity index (χ0n) is 8.83. The molecule has 5 nitrogen and oxygen atoms in total. The number of nitrogens with one attached hydrogen (secondary N) is 2. The third-order valence-corrected chi connectivity index (χ3v) is 2.83. The van der Waals surface area contributed by atoms with Gasteiger partial charge in [0.25, 0.3) is 0 Å². The van der Waals surface area contributed by atoms with E-state index in [4.69, 9.17) is 9.47 Å². The Hall–Kier alpha value is -0.650. The highest BCUT2D eigenvalue weighted by Gasteiger charge is 2.22. The highest BCUT2D eigenvalue weighted by atomic mass is 16.5.